The summed E-state index contributed by atoms with van der Waals surface area (Å²) in [7, 11) is 0. The van der Waals surface area contributed by atoms with Gasteiger partial charge in [0.1, 0.15) is 11.8 Å². The highest BCUT2D eigenvalue weighted by Gasteiger charge is 2.13. The van der Waals surface area contributed by atoms with E-state index in [4.69, 9.17) is 4.74 Å². The lowest BCUT2D eigenvalue weighted by Crippen LogP contribution is -2.31. The zero-order valence-electron chi connectivity index (χ0n) is 14.1. The molecular formula is C19H24N2O2. The Labute approximate surface area is 137 Å². The second kappa shape index (κ2) is 7.68. The van der Waals surface area contributed by atoms with E-state index in [1.54, 1.807) is 0 Å². The van der Waals surface area contributed by atoms with Crippen molar-refractivity contribution in [2.45, 2.75) is 33.7 Å². The van der Waals surface area contributed by atoms with E-state index in [-0.39, 0.29) is 11.9 Å². The summed E-state index contributed by atoms with van der Waals surface area (Å²) in [5, 5.41) is 6.14. The molecule has 0 saturated heterocycles. The maximum absolute atomic E-state index is 12.3. The number of carbonyl (C=O) groups is 1. The van der Waals surface area contributed by atoms with E-state index in [1.807, 2.05) is 64.1 Å². The Balaban J connectivity index is 1.96. The third-order valence-electron chi connectivity index (χ3n) is 3.43. The van der Waals surface area contributed by atoms with Gasteiger partial charge in [-0.3, -0.25) is 4.79 Å². The highest BCUT2D eigenvalue weighted by atomic mass is 16.5. The number of hydrogen-bond donors (Lipinski definition) is 2. The van der Waals surface area contributed by atoms with Crippen molar-refractivity contribution in [2.24, 2.45) is 0 Å². The molecule has 0 bridgehead atoms. The molecule has 2 N–H and O–H groups in total. The fourth-order valence-corrected chi connectivity index (χ4v) is 2.43. The minimum Gasteiger partial charge on any atom is -0.494 e. The van der Waals surface area contributed by atoms with Gasteiger partial charge in [0, 0.05) is 11.4 Å². The molecule has 0 aliphatic rings. The fraction of sp³-hybridized carbons (Fsp3) is 0.316. The van der Waals surface area contributed by atoms with Crippen LogP contribution in [0.1, 0.15) is 25.0 Å². The minimum atomic E-state index is -0.331. The molecule has 0 heterocycles. The van der Waals surface area contributed by atoms with Gasteiger partial charge in [0.2, 0.25) is 5.91 Å². The van der Waals surface area contributed by atoms with Gasteiger partial charge in [-0.25, -0.2) is 0 Å². The van der Waals surface area contributed by atoms with Crippen molar-refractivity contribution in [1.29, 1.82) is 0 Å². The van der Waals surface area contributed by atoms with Crippen molar-refractivity contribution in [2.75, 3.05) is 17.2 Å². The maximum atomic E-state index is 12.3. The average Bonchev–Trinajstić information content (AvgIpc) is 2.48. The number of aryl methyl sites for hydroxylation is 2. The van der Waals surface area contributed by atoms with Crippen molar-refractivity contribution in [3.63, 3.8) is 0 Å². The van der Waals surface area contributed by atoms with Crippen molar-refractivity contribution in [3.8, 4) is 5.75 Å². The normalized spacial score (nSPS) is 11.7. The first-order valence-corrected chi connectivity index (χ1v) is 7.86. The average molecular weight is 312 g/mol. The predicted octanol–water partition coefficient (Wildman–Crippen LogP) is 4.14. The number of benzene rings is 2. The Morgan fingerprint density at radius 2 is 1.65 bits per heavy atom. The molecule has 1 unspecified atom stereocenters. The topological polar surface area (TPSA) is 50.4 Å². The maximum Gasteiger partial charge on any atom is 0.246 e. The predicted molar refractivity (Wildman–Crippen MR) is 95.2 cm³/mol. The van der Waals surface area contributed by atoms with E-state index in [0.717, 1.165) is 17.1 Å². The van der Waals surface area contributed by atoms with Gasteiger partial charge in [-0.15, -0.1) is 0 Å². The highest BCUT2D eigenvalue weighted by molar-refractivity contribution is 5.96. The zero-order valence-corrected chi connectivity index (χ0v) is 14.1. The van der Waals surface area contributed by atoms with Gasteiger partial charge >= 0.3 is 0 Å². The van der Waals surface area contributed by atoms with E-state index in [2.05, 4.69) is 16.7 Å². The molecule has 1 atom stereocenters. The van der Waals surface area contributed by atoms with Gasteiger partial charge in [-0.1, -0.05) is 6.07 Å². The van der Waals surface area contributed by atoms with Crippen LogP contribution in [0.2, 0.25) is 0 Å². The lowest BCUT2D eigenvalue weighted by Gasteiger charge is -2.16. The Kier molecular flexibility index (Phi) is 5.63. The van der Waals surface area contributed by atoms with E-state index < -0.39 is 0 Å². The standard InChI is InChI=1S/C19H24N2O2/c1-5-23-18-8-6-16(7-9-18)21-19(22)15(4)20-17-11-13(2)10-14(3)12-17/h6-12,15,20H,5H2,1-4H3,(H,21,22). The molecule has 2 aromatic rings. The molecule has 0 spiro atoms. The van der Waals surface area contributed by atoms with Crippen LogP contribution < -0.4 is 15.4 Å². The Morgan fingerprint density at radius 1 is 1.04 bits per heavy atom. The Bertz CT molecular complexity index is 645. The van der Waals surface area contributed by atoms with Crippen LogP contribution in [-0.2, 0) is 4.79 Å². The largest absolute Gasteiger partial charge is 0.494 e. The van der Waals surface area contributed by atoms with Crippen LogP contribution in [-0.4, -0.2) is 18.6 Å². The van der Waals surface area contributed by atoms with Crippen LogP contribution in [0.5, 0.6) is 5.75 Å². The number of nitrogens with one attached hydrogen (secondary N) is 2. The molecule has 0 aromatic heterocycles. The molecule has 4 nitrogen and oxygen atoms in total. The fourth-order valence-electron chi connectivity index (χ4n) is 2.43. The first-order chi connectivity index (χ1) is 11.0. The third-order valence-corrected chi connectivity index (χ3v) is 3.43. The summed E-state index contributed by atoms with van der Waals surface area (Å²) >= 11 is 0. The SMILES string of the molecule is CCOc1ccc(NC(=O)C(C)Nc2cc(C)cc(C)c2)cc1. The highest BCUT2D eigenvalue weighted by Crippen LogP contribution is 2.17. The molecule has 122 valence electrons. The first kappa shape index (κ1) is 16.9. The number of amides is 1. The van der Waals surface area contributed by atoms with Gasteiger partial charge in [0.05, 0.1) is 6.61 Å². The van der Waals surface area contributed by atoms with E-state index in [0.29, 0.717) is 6.61 Å². The molecule has 1 amide bonds. The van der Waals surface area contributed by atoms with Gasteiger partial charge in [-0.2, -0.15) is 0 Å². The van der Waals surface area contributed by atoms with Crippen LogP contribution in [0, 0.1) is 13.8 Å². The molecule has 2 rings (SSSR count). The van der Waals surface area contributed by atoms with Crippen LogP contribution in [0.15, 0.2) is 42.5 Å². The molecule has 0 radical (unpaired) electrons. The summed E-state index contributed by atoms with van der Waals surface area (Å²) in [6.07, 6.45) is 0. The second-order valence-electron chi connectivity index (χ2n) is 5.69. The third kappa shape index (κ3) is 5.02. The van der Waals surface area contributed by atoms with Crippen molar-refractivity contribution >= 4 is 17.3 Å². The number of anilines is 2. The molecule has 4 heteroatoms. The van der Waals surface area contributed by atoms with Crippen molar-refractivity contribution in [1.82, 2.24) is 0 Å². The van der Waals surface area contributed by atoms with Crippen LogP contribution >= 0.6 is 0 Å². The molecule has 2 aromatic carbocycles. The van der Waals surface area contributed by atoms with Crippen LogP contribution in [0.3, 0.4) is 0 Å². The summed E-state index contributed by atoms with van der Waals surface area (Å²) in [4.78, 5) is 12.3. The molecule has 0 aliphatic carbocycles. The van der Waals surface area contributed by atoms with Crippen molar-refractivity contribution in [3.05, 3.63) is 53.6 Å². The van der Waals surface area contributed by atoms with Crippen LogP contribution in [0.25, 0.3) is 0 Å². The summed E-state index contributed by atoms with van der Waals surface area (Å²) < 4.78 is 5.39. The lowest BCUT2D eigenvalue weighted by molar-refractivity contribution is -0.116. The van der Waals surface area contributed by atoms with Crippen LogP contribution in [0.4, 0.5) is 11.4 Å². The molecule has 0 fully saturated rings. The smallest absolute Gasteiger partial charge is 0.246 e. The monoisotopic (exact) mass is 312 g/mol. The zero-order chi connectivity index (χ0) is 16.8. The Morgan fingerprint density at radius 3 is 2.22 bits per heavy atom. The molecular weight excluding hydrogens is 288 g/mol. The van der Waals surface area contributed by atoms with E-state index in [9.17, 15) is 4.79 Å². The van der Waals surface area contributed by atoms with E-state index in [1.165, 1.54) is 11.1 Å². The number of ether oxygens (including phenoxy) is 1. The summed E-state index contributed by atoms with van der Waals surface area (Å²) in [5.74, 6) is 0.722. The van der Waals surface area contributed by atoms with Gasteiger partial charge in [0.15, 0.2) is 0 Å². The van der Waals surface area contributed by atoms with Gasteiger partial charge in [0.25, 0.3) is 0 Å². The molecule has 23 heavy (non-hydrogen) atoms. The number of rotatable bonds is 6. The minimum absolute atomic E-state index is 0.0756. The van der Waals surface area contributed by atoms with Gasteiger partial charge < -0.3 is 15.4 Å². The van der Waals surface area contributed by atoms with Gasteiger partial charge in [-0.05, 0) is 75.2 Å². The Hall–Kier alpha value is -2.49. The van der Waals surface area contributed by atoms with E-state index >= 15 is 0 Å². The summed E-state index contributed by atoms with van der Waals surface area (Å²) in [6.45, 7) is 8.51. The van der Waals surface area contributed by atoms with Crippen molar-refractivity contribution < 1.29 is 9.53 Å². The number of carbonyl (C=O) groups excluding carboxylic acids is 1. The molecule has 0 saturated carbocycles. The molecule has 0 aliphatic heterocycles. The quantitative estimate of drug-likeness (QED) is 0.843. The summed E-state index contributed by atoms with van der Waals surface area (Å²) in [6, 6.07) is 13.2. The first-order valence-electron chi connectivity index (χ1n) is 7.86. The summed E-state index contributed by atoms with van der Waals surface area (Å²) in [5.41, 5.74) is 4.06. The lowest BCUT2D eigenvalue weighted by atomic mass is 10.1. The second-order valence-corrected chi connectivity index (χ2v) is 5.69. The number of hydrogen-bond acceptors (Lipinski definition) is 3.